The van der Waals surface area contributed by atoms with E-state index in [0.717, 1.165) is 26.1 Å². The first-order chi connectivity index (χ1) is 10.2. The van der Waals surface area contributed by atoms with Crippen molar-refractivity contribution in [3.8, 4) is 5.75 Å². The quantitative estimate of drug-likeness (QED) is 0.875. The molecule has 1 aliphatic heterocycles. The zero-order valence-electron chi connectivity index (χ0n) is 13.1. The van der Waals surface area contributed by atoms with Crippen LogP contribution in [0.3, 0.4) is 0 Å². The molecule has 1 N–H and O–H groups in total. The maximum Gasteiger partial charge on any atom is 0.255 e. The third-order valence-electron chi connectivity index (χ3n) is 3.87. The van der Waals surface area contributed by atoms with Crippen molar-refractivity contribution < 1.29 is 9.53 Å². The van der Waals surface area contributed by atoms with Crippen molar-refractivity contribution >= 4 is 5.91 Å². The smallest absolute Gasteiger partial charge is 0.255 e. The highest BCUT2D eigenvalue weighted by Gasteiger charge is 2.19. The minimum atomic E-state index is -0.0325. The Balaban J connectivity index is 1.90. The van der Waals surface area contributed by atoms with Gasteiger partial charge in [0.15, 0.2) is 0 Å². The van der Waals surface area contributed by atoms with Crippen LogP contribution in [0.4, 0.5) is 0 Å². The van der Waals surface area contributed by atoms with Crippen LogP contribution in [0.5, 0.6) is 5.75 Å². The second kappa shape index (κ2) is 8.03. The molecule has 1 aromatic carbocycles. The summed E-state index contributed by atoms with van der Waals surface area (Å²) in [6.45, 7) is 5.66. The number of amides is 1. The van der Waals surface area contributed by atoms with E-state index in [1.807, 2.05) is 24.3 Å². The molecule has 21 heavy (non-hydrogen) atoms. The normalized spacial score (nSPS) is 19.2. The monoisotopic (exact) mass is 290 g/mol. The summed E-state index contributed by atoms with van der Waals surface area (Å²) in [6.07, 6.45) is 3.34. The van der Waals surface area contributed by atoms with Gasteiger partial charge in [-0.3, -0.25) is 4.79 Å². The van der Waals surface area contributed by atoms with Gasteiger partial charge in [-0.05, 0) is 50.9 Å². The van der Waals surface area contributed by atoms with Crippen LogP contribution in [-0.4, -0.2) is 44.1 Å². The molecule has 1 amide bonds. The van der Waals surface area contributed by atoms with Crippen LogP contribution in [-0.2, 0) is 0 Å². The molecule has 1 aliphatic rings. The zero-order valence-corrected chi connectivity index (χ0v) is 13.1. The number of ether oxygens (including phenoxy) is 1. The topological polar surface area (TPSA) is 41.6 Å². The molecule has 0 radical (unpaired) electrons. The predicted octanol–water partition coefficient (Wildman–Crippen LogP) is 2.55. The van der Waals surface area contributed by atoms with Gasteiger partial charge in [-0.15, -0.1) is 0 Å². The first-order valence-electron chi connectivity index (χ1n) is 7.89. The van der Waals surface area contributed by atoms with Crippen LogP contribution in [0, 0.1) is 5.92 Å². The van der Waals surface area contributed by atoms with Crippen LogP contribution in [0.15, 0.2) is 24.3 Å². The van der Waals surface area contributed by atoms with Crippen LogP contribution in [0.1, 0.15) is 36.5 Å². The van der Waals surface area contributed by atoms with E-state index >= 15 is 0 Å². The molecule has 2 rings (SSSR count). The van der Waals surface area contributed by atoms with Crippen LogP contribution in [0.2, 0.25) is 0 Å². The lowest BCUT2D eigenvalue weighted by Gasteiger charge is -2.29. The summed E-state index contributed by atoms with van der Waals surface area (Å²) in [5, 5.41) is 3.06. The number of carbonyl (C=O) groups excluding carboxylic acids is 1. The Morgan fingerprint density at radius 1 is 1.43 bits per heavy atom. The number of carbonyl (C=O) groups is 1. The summed E-state index contributed by atoms with van der Waals surface area (Å²) in [5.41, 5.74) is 0.634. The Hall–Kier alpha value is -1.55. The van der Waals surface area contributed by atoms with E-state index in [4.69, 9.17) is 4.74 Å². The maximum absolute atomic E-state index is 12.3. The summed E-state index contributed by atoms with van der Waals surface area (Å²) < 4.78 is 5.65. The molecule has 0 bridgehead atoms. The summed E-state index contributed by atoms with van der Waals surface area (Å²) in [4.78, 5) is 14.7. The highest BCUT2D eigenvalue weighted by molar-refractivity contribution is 5.96. The second-order valence-corrected chi connectivity index (χ2v) is 5.83. The average Bonchev–Trinajstić information content (AvgIpc) is 2.51. The molecular formula is C17H26N2O2. The third-order valence-corrected chi connectivity index (χ3v) is 3.87. The van der Waals surface area contributed by atoms with E-state index in [2.05, 4.69) is 24.2 Å². The molecule has 1 heterocycles. The molecule has 0 aromatic heterocycles. The molecule has 0 aliphatic carbocycles. The molecule has 4 heteroatoms. The van der Waals surface area contributed by atoms with Gasteiger partial charge in [0, 0.05) is 13.1 Å². The van der Waals surface area contributed by atoms with E-state index in [1.165, 1.54) is 12.8 Å². The van der Waals surface area contributed by atoms with E-state index in [-0.39, 0.29) is 5.91 Å². The van der Waals surface area contributed by atoms with Gasteiger partial charge in [0.2, 0.25) is 0 Å². The molecule has 0 spiro atoms. The first kappa shape index (κ1) is 15.8. The molecule has 1 fully saturated rings. The molecule has 1 aromatic rings. The number of likely N-dealkylation sites (tertiary alicyclic amines) is 1. The van der Waals surface area contributed by atoms with Crippen molar-refractivity contribution in [3.05, 3.63) is 29.8 Å². The number of para-hydroxylation sites is 1. The lowest BCUT2D eigenvalue weighted by molar-refractivity contribution is 0.0932. The van der Waals surface area contributed by atoms with Crippen molar-refractivity contribution in [2.24, 2.45) is 5.92 Å². The maximum atomic E-state index is 12.3. The minimum absolute atomic E-state index is 0.0325. The van der Waals surface area contributed by atoms with Crippen LogP contribution < -0.4 is 10.1 Å². The van der Waals surface area contributed by atoms with Crippen molar-refractivity contribution in [2.45, 2.75) is 26.2 Å². The number of benzene rings is 1. The number of rotatable bonds is 6. The Kier molecular flexibility index (Phi) is 6.05. The molecule has 1 saturated heterocycles. The largest absolute Gasteiger partial charge is 0.493 e. The molecule has 1 atom stereocenters. The number of nitrogens with one attached hydrogen (secondary N) is 1. The van der Waals surface area contributed by atoms with Crippen LogP contribution >= 0.6 is 0 Å². The van der Waals surface area contributed by atoms with E-state index in [9.17, 15) is 4.79 Å². The summed E-state index contributed by atoms with van der Waals surface area (Å²) in [5.74, 6) is 1.20. The van der Waals surface area contributed by atoms with E-state index < -0.39 is 0 Å². The van der Waals surface area contributed by atoms with E-state index in [0.29, 0.717) is 23.8 Å². The standard InChI is InChI=1S/C17H26N2O2/c1-3-11-21-16-9-5-4-8-15(16)17(20)18-12-14-7-6-10-19(2)13-14/h4-5,8-9,14H,3,6-7,10-13H2,1-2H3,(H,18,20)/t14-/m0/s1. The van der Waals surface area contributed by atoms with Gasteiger partial charge in [-0.1, -0.05) is 19.1 Å². The van der Waals surface area contributed by atoms with Gasteiger partial charge >= 0.3 is 0 Å². The fourth-order valence-corrected chi connectivity index (χ4v) is 2.76. The predicted molar refractivity (Wildman–Crippen MR) is 84.8 cm³/mol. The van der Waals surface area contributed by atoms with Gasteiger partial charge < -0.3 is 15.0 Å². The minimum Gasteiger partial charge on any atom is -0.493 e. The highest BCUT2D eigenvalue weighted by atomic mass is 16.5. The first-order valence-corrected chi connectivity index (χ1v) is 7.89. The Labute approximate surface area is 127 Å². The van der Waals surface area contributed by atoms with Crippen molar-refractivity contribution in [1.29, 1.82) is 0 Å². The lowest BCUT2D eigenvalue weighted by Crippen LogP contribution is -2.39. The van der Waals surface area contributed by atoms with Gasteiger partial charge in [-0.2, -0.15) is 0 Å². The molecular weight excluding hydrogens is 264 g/mol. The zero-order chi connectivity index (χ0) is 15.1. The fourth-order valence-electron chi connectivity index (χ4n) is 2.76. The summed E-state index contributed by atoms with van der Waals surface area (Å²) >= 11 is 0. The Morgan fingerprint density at radius 2 is 2.24 bits per heavy atom. The SMILES string of the molecule is CCCOc1ccccc1C(=O)NC[C@@H]1CCCN(C)C1. The summed E-state index contributed by atoms with van der Waals surface area (Å²) in [6, 6.07) is 7.46. The third kappa shape index (κ3) is 4.74. The van der Waals surface area contributed by atoms with Gasteiger partial charge in [0.1, 0.15) is 5.75 Å². The highest BCUT2D eigenvalue weighted by Crippen LogP contribution is 2.19. The Morgan fingerprint density at radius 3 is 3.00 bits per heavy atom. The fraction of sp³-hybridized carbons (Fsp3) is 0.588. The number of hydrogen-bond donors (Lipinski definition) is 1. The Bertz CT molecular complexity index is 462. The average molecular weight is 290 g/mol. The number of nitrogens with zero attached hydrogens (tertiary/aromatic N) is 1. The van der Waals surface area contributed by atoms with Gasteiger partial charge in [0.25, 0.3) is 5.91 Å². The summed E-state index contributed by atoms with van der Waals surface area (Å²) in [7, 11) is 2.14. The van der Waals surface area contributed by atoms with Crippen LogP contribution in [0.25, 0.3) is 0 Å². The van der Waals surface area contributed by atoms with Gasteiger partial charge in [0.05, 0.1) is 12.2 Å². The molecule has 4 nitrogen and oxygen atoms in total. The van der Waals surface area contributed by atoms with Gasteiger partial charge in [-0.25, -0.2) is 0 Å². The van der Waals surface area contributed by atoms with Crippen molar-refractivity contribution in [2.75, 3.05) is 33.3 Å². The molecule has 0 unspecified atom stereocenters. The van der Waals surface area contributed by atoms with E-state index in [1.54, 1.807) is 0 Å². The molecule has 116 valence electrons. The second-order valence-electron chi connectivity index (χ2n) is 5.83. The molecule has 0 saturated carbocycles. The number of piperidine rings is 1. The lowest BCUT2D eigenvalue weighted by atomic mass is 9.98. The van der Waals surface area contributed by atoms with Crippen molar-refractivity contribution in [1.82, 2.24) is 10.2 Å². The number of hydrogen-bond acceptors (Lipinski definition) is 3. The van der Waals surface area contributed by atoms with Crippen molar-refractivity contribution in [3.63, 3.8) is 0 Å².